The Morgan fingerprint density at radius 1 is 0.611 bits per heavy atom. The molecule has 0 unspecified atom stereocenters. The highest BCUT2D eigenvalue weighted by Crippen LogP contribution is 2.28. The first-order valence-corrected chi connectivity index (χ1v) is 8.02. The molecule has 0 aromatic heterocycles. The van der Waals surface area contributed by atoms with Gasteiger partial charge in [-0.15, -0.1) is 0 Å². The third-order valence-electron chi connectivity index (χ3n) is 3.18. The Bertz CT molecular complexity index is 160. The third-order valence-corrected chi connectivity index (χ3v) is 3.18. The number of ether oxygens (including phenoxy) is 2. The topological polar surface area (TPSA) is 18.5 Å². The molecule has 0 atom stereocenters. The van der Waals surface area contributed by atoms with Gasteiger partial charge >= 0.3 is 0 Å². The van der Waals surface area contributed by atoms with Gasteiger partial charge in [0, 0.05) is 26.1 Å². The average Bonchev–Trinajstić information content (AvgIpc) is 2.39. The molecule has 2 nitrogen and oxygen atoms in total. The van der Waals surface area contributed by atoms with Gasteiger partial charge in [0.15, 0.2) is 5.79 Å². The van der Waals surface area contributed by atoms with Crippen LogP contribution in [-0.4, -0.2) is 19.0 Å². The van der Waals surface area contributed by atoms with E-state index >= 15 is 0 Å². The smallest absolute Gasteiger partial charge is 0.168 e. The summed E-state index contributed by atoms with van der Waals surface area (Å²) in [6, 6.07) is 0. The fourth-order valence-corrected chi connectivity index (χ4v) is 2.23. The highest BCUT2D eigenvalue weighted by atomic mass is 16.7. The van der Waals surface area contributed by atoms with Crippen molar-refractivity contribution in [3.63, 3.8) is 0 Å². The lowest BCUT2D eigenvalue weighted by Crippen LogP contribution is -2.36. The molecular weight excluding hydrogens is 224 g/mol. The van der Waals surface area contributed by atoms with E-state index in [1.165, 1.54) is 25.7 Å². The van der Waals surface area contributed by atoms with Crippen molar-refractivity contribution in [2.24, 2.45) is 0 Å². The van der Waals surface area contributed by atoms with E-state index in [1.807, 2.05) is 0 Å². The van der Waals surface area contributed by atoms with Gasteiger partial charge < -0.3 is 9.47 Å². The summed E-state index contributed by atoms with van der Waals surface area (Å²) >= 11 is 0. The molecule has 0 aromatic carbocycles. The van der Waals surface area contributed by atoms with Crippen molar-refractivity contribution in [2.45, 2.75) is 91.3 Å². The lowest BCUT2D eigenvalue weighted by atomic mass is 10.0. The number of hydrogen-bond acceptors (Lipinski definition) is 2. The summed E-state index contributed by atoms with van der Waals surface area (Å²) in [5.74, 6) is -0.297. The highest BCUT2D eigenvalue weighted by molar-refractivity contribution is 4.70. The van der Waals surface area contributed by atoms with Crippen LogP contribution in [0.1, 0.15) is 85.5 Å². The second-order valence-electron chi connectivity index (χ2n) is 5.17. The molecule has 110 valence electrons. The van der Waals surface area contributed by atoms with Gasteiger partial charge in [-0.25, -0.2) is 0 Å². The summed E-state index contributed by atoms with van der Waals surface area (Å²) in [4.78, 5) is 0. The molecule has 0 aliphatic heterocycles. The van der Waals surface area contributed by atoms with E-state index in [0.29, 0.717) is 0 Å². The van der Waals surface area contributed by atoms with Crippen molar-refractivity contribution in [1.82, 2.24) is 0 Å². The number of rotatable bonds is 13. The van der Waals surface area contributed by atoms with Crippen molar-refractivity contribution >= 4 is 0 Å². The summed E-state index contributed by atoms with van der Waals surface area (Å²) in [5, 5.41) is 0. The maximum atomic E-state index is 6.08. The SMILES string of the molecule is CCCCCCC(CCC)(OCCC)OCCC. The van der Waals surface area contributed by atoms with Gasteiger partial charge in [-0.2, -0.15) is 0 Å². The lowest BCUT2D eigenvalue weighted by Gasteiger charge is -2.34. The van der Waals surface area contributed by atoms with E-state index in [9.17, 15) is 0 Å². The molecule has 0 rings (SSSR count). The molecule has 0 aromatic rings. The third kappa shape index (κ3) is 8.10. The predicted molar refractivity (Wildman–Crippen MR) is 78.9 cm³/mol. The largest absolute Gasteiger partial charge is 0.350 e. The molecule has 0 amide bonds. The van der Waals surface area contributed by atoms with Crippen LogP contribution in [0.3, 0.4) is 0 Å². The van der Waals surface area contributed by atoms with E-state index in [0.717, 1.165) is 45.3 Å². The van der Waals surface area contributed by atoms with Crippen LogP contribution in [-0.2, 0) is 9.47 Å². The highest BCUT2D eigenvalue weighted by Gasteiger charge is 2.30. The van der Waals surface area contributed by atoms with Gasteiger partial charge in [-0.1, -0.05) is 53.4 Å². The van der Waals surface area contributed by atoms with Crippen LogP contribution in [0, 0.1) is 0 Å². The van der Waals surface area contributed by atoms with E-state index in [2.05, 4.69) is 27.7 Å². The minimum Gasteiger partial charge on any atom is -0.350 e. The van der Waals surface area contributed by atoms with Crippen LogP contribution in [0.2, 0.25) is 0 Å². The summed E-state index contributed by atoms with van der Waals surface area (Å²) in [6.07, 6.45) is 10.5. The van der Waals surface area contributed by atoms with Crippen LogP contribution >= 0.6 is 0 Å². The number of unbranched alkanes of at least 4 members (excludes halogenated alkanes) is 3. The molecule has 0 radical (unpaired) electrons. The van der Waals surface area contributed by atoms with E-state index in [1.54, 1.807) is 0 Å². The van der Waals surface area contributed by atoms with E-state index in [4.69, 9.17) is 9.47 Å². The zero-order valence-corrected chi connectivity index (χ0v) is 13.1. The molecule has 0 N–H and O–H groups in total. The number of hydrogen-bond donors (Lipinski definition) is 0. The maximum Gasteiger partial charge on any atom is 0.168 e. The quantitative estimate of drug-likeness (QED) is 0.329. The molecule has 18 heavy (non-hydrogen) atoms. The maximum absolute atomic E-state index is 6.08. The summed E-state index contributed by atoms with van der Waals surface area (Å²) in [6.45, 7) is 10.4. The summed E-state index contributed by atoms with van der Waals surface area (Å²) in [7, 11) is 0. The first-order valence-electron chi connectivity index (χ1n) is 8.02. The minimum absolute atomic E-state index is 0.297. The Morgan fingerprint density at radius 2 is 1.22 bits per heavy atom. The first kappa shape index (κ1) is 17.9. The van der Waals surface area contributed by atoms with Gasteiger partial charge in [-0.05, 0) is 19.3 Å². The molecule has 0 bridgehead atoms. The molecule has 0 spiro atoms. The van der Waals surface area contributed by atoms with Crippen LogP contribution in [0.15, 0.2) is 0 Å². The Morgan fingerprint density at radius 3 is 1.67 bits per heavy atom. The summed E-state index contributed by atoms with van der Waals surface area (Å²) in [5.41, 5.74) is 0. The molecule has 0 aliphatic carbocycles. The van der Waals surface area contributed by atoms with Crippen molar-refractivity contribution in [3.05, 3.63) is 0 Å². The second-order valence-corrected chi connectivity index (χ2v) is 5.17. The van der Waals surface area contributed by atoms with Crippen LogP contribution in [0.4, 0.5) is 0 Å². The van der Waals surface area contributed by atoms with Gasteiger partial charge in [0.1, 0.15) is 0 Å². The van der Waals surface area contributed by atoms with Crippen LogP contribution < -0.4 is 0 Å². The van der Waals surface area contributed by atoms with Crippen molar-refractivity contribution in [2.75, 3.05) is 13.2 Å². The van der Waals surface area contributed by atoms with Gasteiger partial charge in [0.25, 0.3) is 0 Å². The zero-order chi connectivity index (χ0) is 13.7. The molecular formula is C16H34O2. The van der Waals surface area contributed by atoms with Crippen molar-refractivity contribution in [3.8, 4) is 0 Å². The molecule has 0 saturated heterocycles. The fourth-order valence-electron chi connectivity index (χ4n) is 2.23. The van der Waals surface area contributed by atoms with E-state index in [-0.39, 0.29) is 5.79 Å². The Balaban J connectivity index is 4.29. The minimum atomic E-state index is -0.297. The van der Waals surface area contributed by atoms with E-state index < -0.39 is 0 Å². The fraction of sp³-hybridized carbons (Fsp3) is 1.00. The van der Waals surface area contributed by atoms with Crippen LogP contribution in [0.25, 0.3) is 0 Å². The standard InChI is InChI=1S/C16H34O2/c1-5-9-10-11-13-16(12-6-2,17-14-7-3)18-15-8-4/h5-15H2,1-4H3. The van der Waals surface area contributed by atoms with Gasteiger partial charge in [-0.3, -0.25) is 0 Å². The molecule has 0 heterocycles. The molecule has 0 fully saturated rings. The average molecular weight is 258 g/mol. The summed E-state index contributed by atoms with van der Waals surface area (Å²) < 4.78 is 12.2. The molecule has 0 saturated carbocycles. The monoisotopic (exact) mass is 258 g/mol. The van der Waals surface area contributed by atoms with Crippen molar-refractivity contribution < 1.29 is 9.47 Å². The zero-order valence-electron chi connectivity index (χ0n) is 13.1. The molecule has 2 heteroatoms. The lowest BCUT2D eigenvalue weighted by molar-refractivity contribution is -0.246. The van der Waals surface area contributed by atoms with Gasteiger partial charge in [0.05, 0.1) is 0 Å². The molecule has 0 aliphatic rings. The Kier molecular flexibility index (Phi) is 11.9. The Labute approximate surface area is 114 Å². The Hall–Kier alpha value is -0.0800. The second kappa shape index (κ2) is 12.0. The predicted octanol–water partition coefficient (Wildman–Crippen LogP) is 5.31. The van der Waals surface area contributed by atoms with Crippen molar-refractivity contribution in [1.29, 1.82) is 0 Å². The van der Waals surface area contributed by atoms with Gasteiger partial charge in [0.2, 0.25) is 0 Å². The van der Waals surface area contributed by atoms with Crippen LogP contribution in [0.5, 0.6) is 0 Å². The normalized spacial score (nSPS) is 12.0. The first-order chi connectivity index (χ1) is 8.74.